The van der Waals surface area contributed by atoms with E-state index in [2.05, 4.69) is 12.2 Å². The normalized spacial score (nSPS) is 40.4. The monoisotopic (exact) mass is 293 g/mol. The number of nitrogens with two attached hydrogens (primary N) is 1. The van der Waals surface area contributed by atoms with Crippen molar-refractivity contribution in [2.75, 3.05) is 13.1 Å². The van der Waals surface area contributed by atoms with Gasteiger partial charge in [0.15, 0.2) is 0 Å². The van der Waals surface area contributed by atoms with E-state index < -0.39 is 0 Å². The second kappa shape index (κ2) is 5.95. The molecule has 5 heteroatoms. The maximum absolute atomic E-state index is 12.7. The van der Waals surface area contributed by atoms with Gasteiger partial charge in [-0.05, 0) is 43.9 Å². The molecule has 0 spiro atoms. The number of hydrogen-bond acceptors (Lipinski definition) is 3. The number of piperidine rings is 2. The Morgan fingerprint density at radius 1 is 1.29 bits per heavy atom. The van der Waals surface area contributed by atoms with E-state index in [9.17, 15) is 9.59 Å². The molecule has 5 unspecified atom stereocenters. The summed E-state index contributed by atoms with van der Waals surface area (Å²) < 4.78 is 0. The Kier molecular flexibility index (Phi) is 4.20. The second-order valence-corrected chi connectivity index (χ2v) is 7.20. The lowest BCUT2D eigenvalue weighted by atomic mass is 9.78. The Hall–Kier alpha value is -1.10. The molecule has 1 saturated carbocycles. The first-order chi connectivity index (χ1) is 10.0. The van der Waals surface area contributed by atoms with Crippen molar-refractivity contribution in [2.45, 2.75) is 57.5 Å². The molecule has 2 aliphatic heterocycles. The van der Waals surface area contributed by atoms with Gasteiger partial charge in [0.25, 0.3) is 0 Å². The van der Waals surface area contributed by atoms with Gasteiger partial charge in [0.05, 0.1) is 0 Å². The summed E-state index contributed by atoms with van der Waals surface area (Å²) >= 11 is 0. The topological polar surface area (TPSA) is 75.4 Å². The molecule has 3 rings (SSSR count). The lowest BCUT2D eigenvalue weighted by molar-refractivity contribution is -0.140. The van der Waals surface area contributed by atoms with Crippen LogP contribution in [-0.4, -0.2) is 41.9 Å². The predicted octanol–water partition coefficient (Wildman–Crippen LogP) is 0.877. The third-order valence-electron chi connectivity index (χ3n) is 5.74. The van der Waals surface area contributed by atoms with Crippen molar-refractivity contribution in [3.63, 3.8) is 0 Å². The molecule has 3 N–H and O–H groups in total. The van der Waals surface area contributed by atoms with E-state index in [4.69, 9.17) is 5.73 Å². The average Bonchev–Trinajstić information content (AvgIpc) is 2.49. The summed E-state index contributed by atoms with van der Waals surface area (Å²) in [7, 11) is 0. The molecule has 2 amide bonds. The largest absolute Gasteiger partial charge is 0.353 e. The molecule has 3 fully saturated rings. The number of amides is 2. The summed E-state index contributed by atoms with van der Waals surface area (Å²) in [5.41, 5.74) is 6.14. The van der Waals surface area contributed by atoms with Gasteiger partial charge in [-0.15, -0.1) is 0 Å². The quantitative estimate of drug-likeness (QED) is 0.753. The molecule has 21 heavy (non-hydrogen) atoms. The molecule has 0 radical (unpaired) electrons. The Bertz CT molecular complexity index is 426. The number of rotatable bonds is 1. The number of hydrogen-bond donors (Lipinski definition) is 2. The zero-order valence-electron chi connectivity index (χ0n) is 12.9. The van der Waals surface area contributed by atoms with Gasteiger partial charge in [-0.1, -0.05) is 6.92 Å². The van der Waals surface area contributed by atoms with Crippen LogP contribution in [0.5, 0.6) is 0 Å². The third kappa shape index (κ3) is 3.07. The second-order valence-electron chi connectivity index (χ2n) is 7.20. The van der Waals surface area contributed by atoms with Crippen molar-refractivity contribution >= 4 is 11.8 Å². The third-order valence-corrected chi connectivity index (χ3v) is 5.74. The molecule has 0 aromatic carbocycles. The van der Waals surface area contributed by atoms with Crippen LogP contribution in [0.15, 0.2) is 0 Å². The molecule has 1 aliphatic carbocycles. The number of nitrogens with zero attached hydrogens (tertiary/aromatic N) is 1. The maximum atomic E-state index is 12.7. The molecule has 0 aromatic rings. The van der Waals surface area contributed by atoms with E-state index in [1.54, 1.807) is 0 Å². The molecule has 0 aromatic heterocycles. The van der Waals surface area contributed by atoms with E-state index >= 15 is 0 Å². The minimum atomic E-state index is 0.117. The van der Waals surface area contributed by atoms with Crippen LogP contribution in [0.25, 0.3) is 0 Å². The van der Waals surface area contributed by atoms with Crippen LogP contribution < -0.4 is 11.1 Å². The van der Waals surface area contributed by atoms with E-state index in [-0.39, 0.29) is 23.9 Å². The zero-order chi connectivity index (χ0) is 15.0. The molecule has 5 atom stereocenters. The minimum absolute atomic E-state index is 0.117. The standard InChI is InChI=1S/C16H27N3O2/c1-10-2-3-11(8-13(10)17)16(21)19-7-6-14-12(9-19)4-5-15(20)18-14/h10-14H,2-9,17H2,1H3,(H,18,20). The highest BCUT2D eigenvalue weighted by Crippen LogP contribution is 2.31. The van der Waals surface area contributed by atoms with Crippen LogP contribution in [0.3, 0.4) is 0 Å². The van der Waals surface area contributed by atoms with Crippen LogP contribution in [0, 0.1) is 17.8 Å². The van der Waals surface area contributed by atoms with Crippen molar-refractivity contribution in [2.24, 2.45) is 23.5 Å². The van der Waals surface area contributed by atoms with Crippen molar-refractivity contribution in [3.05, 3.63) is 0 Å². The Morgan fingerprint density at radius 3 is 2.86 bits per heavy atom. The summed E-state index contributed by atoms with van der Waals surface area (Å²) in [5.74, 6) is 1.56. The van der Waals surface area contributed by atoms with Crippen molar-refractivity contribution in [3.8, 4) is 0 Å². The number of likely N-dealkylation sites (tertiary alicyclic amines) is 1. The molecule has 118 valence electrons. The summed E-state index contributed by atoms with van der Waals surface area (Å²) in [6, 6.07) is 0.447. The van der Waals surface area contributed by atoms with Gasteiger partial charge in [0.1, 0.15) is 0 Å². The summed E-state index contributed by atoms with van der Waals surface area (Å²) in [4.78, 5) is 26.2. The number of fused-ring (bicyclic) bond motifs is 1. The van der Waals surface area contributed by atoms with Gasteiger partial charge in [0, 0.05) is 37.5 Å². The highest BCUT2D eigenvalue weighted by atomic mass is 16.2. The lowest BCUT2D eigenvalue weighted by Crippen LogP contribution is -2.56. The fourth-order valence-electron chi connectivity index (χ4n) is 4.15. The van der Waals surface area contributed by atoms with Crippen molar-refractivity contribution in [1.82, 2.24) is 10.2 Å². The zero-order valence-corrected chi connectivity index (χ0v) is 12.9. The summed E-state index contributed by atoms with van der Waals surface area (Å²) in [5, 5.41) is 3.07. The van der Waals surface area contributed by atoms with Crippen LogP contribution in [-0.2, 0) is 9.59 Å². The SMILES string of the molecule is CC1CCC(C(=O)N2CCC3NC(=O)CCC3C2)CC1N. The first kappa shape index (κ1) is 14.8. The first-order valence-electron chi connectivity index (χ1n) is 8.38. The van der Waals surface area contributed by atoms with Gasteiger partial charge >= 0.3 is 0 Å². The van der Waals surface area contributed by atoms with E-state index in [0.717, 1.165) is 45.2 Å². The number of nitrogens with one attached hydrogen (secondary N) is 1. The maximum Gasteiger partial charge on any atom is 0.225 e. The highest BCUT2D eigenvalue weighted by Gasteiger charge is 2.38. The van der Waals surface area contributed by atoms with Gasteiger partial charge in [-0.3, -0.25) is 9.59 Å². The molecule has 2 saturated heterocycles. The van der Waals surface area contributed by atoms with E-state index in [1.165, 1.54) is 0 Å². The number of carbonyl (C=O) groups excluding carboxylic acids is 2. The van der Waals surface area contributed by atoms with E-state index in [0.29, 0.717) is 24.2 Å². The fraction of sp³-hybridized carbons (Fsp3) is 0.875. The van der Waals surface area contributed by atoms with Crippen LogP contribution in [0.1, 0.15) is 45.4 Å². The lowest BCUT2D eigenvalue weighted by Gasteiger charge is -2.43. The van der Waals surface area contributed by atoms with E-state index in [1.807, 2.05) is 4.90 Å². The Morgan fingerprint density at radius 2 is 2.10 bits per heavy atom. The van der Waals surface area contributed by atoms with Crippen molar-refractivity contribution in [1.29, 1.82) is 0 Å². The summed E-state index contributed by atoms with van der Waals surface area (Å²) in [6.45, 7) is 3.77. The van der Waals surface area contributed by atoms with Crippen LogP contribution in [0.4, 0.5) is 0 Å². The van der Waals surface area contributed by atoms with Crippen molar-refractivity contribution < 1.29 is 9.59 Å². The molecule has 3 aliphatic rings. The van der Waals surface area contributed by atoms with Gasteiger partial charge in [-0.25, -0.2) is 0 Å². The van der Waals surface area contributed by atoms with Crippen LogP contribution in [0.2, 0.25) is 0 Å². The molecular weight excluding hydrogens is 266 g/mol. The fourth-order valence-corrected chi connectivity index (χ4v) is 4.15. The van der Waals surface area contributed by atoms with Crippen LogP contribution >= 0.6 is 0 Å². The molecule has 0 bridgehead atoms. The number of carbonyl (C=O) groups is 2. The van der Waals surface area contributed by atoms with Gasteiger partial charge in [0.2, 0.25) is 11.8 Å². The molecule has 2 heterocycles. The Labute approximate surface area is 126 Å². The average molecular weight is 293 g/mol. The smallest absolute Gasteiger partial charge is 0.225 e. The first-order valence-corrected chi connectivity index (χ1v) is 8.38. The highest BCUT2D eigenvalue weighted by molar-refractivity contribution is 5.80. The van der Waals surface area contributed by atoms with Gasteiger partial charge in [-0.2, -0.15) is 0 Å². The minimum Gasteiger partial charge on any atom is -0.353 e. The van der Waals surface area contributed by atoms with Gasteiger partial charge < -0.3 is 16.0 Å². The predicted molar refractivity (Wildman–Crippen MR) is 80.3 cm³/mol. The Balaban J connectivity index is 1.58. The summed E-state index contributed by atoms with van der Waals surface area (Å²) in [6.07, 6.45) is 5.30. The molecule has 5 nitrogen and oxygen atoms in total. The molecular formula is C16H27N3O2.